The topological polar surface area (TPSA) is 75.0 Å². The summed E-state index contributed by atoms with van der Waals surface area (Å²) in [6.07, 6.45) is 2.37. The number of hydrogen-bond acceptors (Lipinski definition) is 4. The normalized spacial score (nSPS) is 20.0. The van der Waals surface area contributed by atoms with Gasteiger partial charge in [-0.05, 0) is 50.4 Å². The number of para-hydroxylation sites is 1. The van der Waals surface area contributed by atoms with Gasteiger partial charge in [0, 0.05) is 6.54 Å². The lowest BCUT2D eigenvalue weighted by molar-refractivity contribution is 0.167. The van der Waals surface area contributed by atoms with Crippen LogP contribution in [0.15, 0.2) is 23.0 Å². The monoisotopic (exact) mass is 286 g/mol. The molecule has 1 atom stereocenters. The number of likely N-dealkylation sites (tertiary alicyclic amines) is 1. The Morgan fingerprint density at radius 2 is 2.33 bits per heavy atom. The quantitative estimate of drug-likeness (QED) is 0.894. The minimum Gasteiger partial charge on any atom is -0.330 e. The Bertz CT molecular complexity index is 694. The van der Waals surface area contributed by atoms with Gasteiger partial charge in [-0.15, -0.1) is 0 Å². The van der Waals surface area contributed by atoms with E-state index in [1.165, 1.54) is 12.8 Å². The lowest BCUT2D eigenvalue weighted by atomic mass is 9.98. The highest BCUT2D eigenvalue weighted by atomic mass is 16.1. The van der Waals surface area contributed by atoms with Crippen LogP contribution in [0.1, 0.15) is 24.2 Å². The number of fused-ring (bicyclic) bond motifs is 1. The second-order valence-corrected chi connectivity index (χ2v) is 5.96. The Kier molecular flexibility index (Phi) is 4.03. The molecule has 112 valence electrons. The van der Waals surface area contributed by atoms with Gasteiger partial charge in [-0.2, -0.15) is 0 Å². The van der Waals surface area contributed by atoms with Gasteiger partial charge in [0.15, 0.2) is 0 Å². The summed E-state index contributed by atoms with van der Waals surface area (Å²) < 4.78 is 0. The van der Waals surface area contributed by atoms with Crippen molar-refractivity contribution in [3.05, 3.63) is 39.9 Å². The molecule has 1 unspecified atom stereocenters. The molecular weight excluding hydrogens is 264 g/mol. The molecule has 1 saturated heterocycles. The first-order valence-electron chi connectivity index (χ1n) is 7.58. The molecule has 3 rings (SSSR count). The first-order chi connectivity index (χ1) is 10.2. The number of aromatic amines is 1. The zero-order valence-electron chi connectivity index (χ0n) is 12.4. The Hall–Kier alpha value is -1.72. The number of hydrogen-bond donors (Lipinski definition) is 2. The summed E-state index contributed by atoms with van der Waals surface area (Å²) in [5.41, 5.74) is 7.58. The van der Waals surface area contributed by atoms with Crippen molar-refractivity contribution < 1.29 is 0 Å². The van der Waals surface area contributed by atoms with Crippen LogP contribution in [0, 0.1) is 12.8 Å². The highest BCUT2D eigenvalue weighted by molar-refractivity contribution is 5.80. The fraction of sp³-hybridized carbons (Fsp3) is 0.500. The van der Waals surface area contributed by atoms with Crippen LogP contribution in [0.4, 0.5) is 0 Å². The van der Waals surface area contributed by atoms with Gasteiger partial charge in [0.25, 0.3) is 5.56 Å². The second kappa shape index (κ2) is 5.95. The fourth-order valence-corrected chi connectivity index (χ4v) is 3.13. The van der Waals surface area contributed by atoms with Gasteiger partial charge >= 0.3 is 0 Å². The van der Waals surface area contributed by atoms with Crippen LogP contribution < -0.4 is 11.3 Å². The van der Waals surface area contributed by atoms with Crippen LogP contribution in [-0.4, -0.2) is 34.5 Å². The van der Waals surface area contributed by atoms with Gasteiger partial charge in [-0.1, -0.05) is 12.1 Å². The number of benzene rings is 1. The molecule has 1 aliphatic heterocycles. The summed E-state index contributed by atoms with van der Waals surface area (Å²) in [5, 5.41) is 0.664. The van der Waals surface area contributed by atoms with Crippen molar-refractivity contribution >= 4 is 10.9 Å². The highest BCUT2D eigenvalue weighted by Gasteiger charge is 2.19. The maximum atomic E-state index is 12.2. The minimum absolute atomic E-state index is 0.0499. The number of H-pyrrole nitrogens is 1. The zero-order chi connectivity index (χ0) is 14.8. The van der Waals surface area contributed by atoms with Crippen LogP contribution in [0.25, 0.3) is 10.9 Å². The fourth-order valence-electron chi connectivity index (χ4n) is 3.13. The van der Waals surface area contributed by atoms with Crippen LogP contribution >= 0.6 is 0 Å². The Labute approximate surface area is 124 Å². The molecule has 0 radical (unpaired) electrons. The van der Waals surface area contributed by atoms with E-state index in [0.717, 1.165) is 36.5 Å². The lowest BCUT2D eigenvalue weighted by Crippen LogP contribution is -2.38. The van der Waals surface area contributed by atoms with E-state index in [4.69, 9.17) is 5.73 Å². The van der Waals surface area contributed by atoms with E-state index >= 15 is 0 Å². The molecule has 0 bridgehead atoms. The first kappa shape index (κ1) is 14.2. The summed E-state index contributed by atoms with van der Waals surface area (Å²) in [6.45, 7) is 5.45. The van der Waals surface area contributed by atoms with E-state index in [2.05, 4.69) is 14.9 Å². The summed E-state index contributed by atoms with van der Waals surface area (Å²) in [4.78, 5) is 22.1. The number of piperidine rings is 1. The third-order valence-electron chi connectivity index (χ3n) is 4.30. The highest BCUT2D eigenvalue weighted by Crippen LogP contribution is 2.17. The predicted octanol–water partition coefficient (Wildman–Crippen LogP) is 1.40. The third kappa shape index (κ3) is 2.99. The van der Waals surface area contributed by atoms with Crippen molar-refractivity contribution in [1.29, 1.82) is 0 Å². The van der Waals surface area contributed by atoms with Crippen molar-refractivity contribution in [1.82, 2.24) is 14.9 Å². The molecule has 0 spiro atoms. The average molecular weight is 286 g/mol. The van der Waals surface area contributed by atoms with E-state index in [1.807, 2.05) is 25.1 Å². The van der Waals surface area contributed by atoms with E-state index in [1.54, 1.807) is 0 Å². The maximum Gasteiger partial charge on any atom is 0.258 e. The molecule has 0 amide bonds. The minimum atomic E-state index is -0.0499. The SMILES string of the molecule is Cc1cccc2c(=O)[nH]c(CN3CCCC(CN)C3)nc12. The molecule has 1 aromatic carbocycles. The van der Waals surface area contributed by atoms with E-state index < -0.39 is 0 Å². The van der Waals surface area contributed by atoms with Crippen LogP contribution in [0.2, 0.25) is 0 Å². The van der Waals surface area contributed by atoms with Crippen LogP contribution in [-0.2, 0) is 6.54 Å². The maximum absolute atomic E-state index is 12.2. The molecule has 2 aromatic rings. The Morgan fingerprint density at radius 1 is 1.48 bits per heavy atom. The third-order valence-corrected chi connectivity index (χ3v) is 4.30. The van der Waals surface area contributed by atoms with E-state index in [-0.39, 0.29) is 5.56 Å². The van der Waals surface area contributed by atoms with Crippen molar-refractivity contribution in [2.45, 2.75) is 26.3 Å². The molecule has 2 heterocycles. The number of nitrogens with one attached hydrogen (secondary N) is 1. The molecule has 1 fully saturated rings. The predicted molar refractivity (Wildman–Crippen MR) is 84.2 cm³/mol. The van der Waals surface area contributed by atoms with Crippen LogP contribution in [0.5, 0.6) is 0 Å². The van der Waals surface area contributed by atoms with Gasteiger partial charge in [-0.3, -0.25) is 9.69 Å². The standard InChI is InChI=1S/C16H22N4O/c1-11-4-2-6-13-15(11)18-14(19-16(13)21)10-20-7-3-5-12(8-17)9-20/h2,4,6,12H,3,5,7-10,17H2,1H3,(H,18,19,21). The second-order valence-electron chi connectivity index (χ2n) is 5.96. The van der Waals surface area contributed by atoms with E-state index in [9.17, 15) is 4.79 Å². The number of nitrogens with zero attached hydrogens (tertiary/aromatic N) is 2. The molecule has 1 aliphatic rings. The van der Waals surface area contributed by atoms with Gasteiger partial charge in [0.2, 0.25) is 0 Å². The number of nitrogens with two attached hydrogens (primary N) is 1. The molecule has 0 saturated carbocycles. The first-order valence-corrected chi connectivity index (χ1v) is 7.58. The average Bonchev–Trinajstić information content (AvgIpc) is 2.49. The van der Waals surface area contributed by atoms with Gasteiger partial charge in [0.05, 0.1) is 17.4 Å². The number of aryl methyl sites for hydroxylation is 1. The van der Waals surface area contributed by atoms with Crippen LogP contribution in [0.3, 0.4) is 0 Å². The largest absolute Gasteiger partial charge is 0.330 e. The zero-order valence-corrected chi connectivity index (χ0v) is 12.4. The van der Waals surface area contributed by atoms with Gasteiger partial charge in [0.1, 0.15) is 5.82 Å². The van der Waals surface area contributed by atoms with Gasteiger partial charge < -0.3 is 10.7 Å². The number of rotatable bonds is 3. The summed E-state index contributed by atoms with van der Waals surface area (Å²) in [7, 11) is 0. The molecule has 0 aliphatic carbocycles. The molecule has 3 N–H and O–H groups in total. The Morgan fingerprint density at radius 3 is 3.14 bits per heavy atom. The smallest absolute Gasteiger partial charge is 0.258 e. The molecule has 1 aromatic heterocycles. The Balaban J connectivity index is 1.87. The van der Waals surface area contributed by atoms with Crippen molar-refractivity contribution in [2.75, 3.05) is 19.6 Å². The van der Waals surface area contributed by atoms with Crippen molar-refractivity contribution in [3.8, 4) is 0 Å². The molecule has 21 heavy (non-hydrogen) atoms. The number of aromatic nitrogens is 2. The van der Waals surface area contributed by atoms with Crippen molar-refractivity contribution in [3.63, 3.8) is 0 Å². The molecule has 5 heteroatoms. The van der Waals surface area contributed by atoms with Crippen molar-refractivity contribution in [2.24, 2.45) is 11.7 Å². The summed E-state index contributed by atoms with van der Waals surface area (Å²) >= 11 is 0. The lowest BCUT2D eigenvalue weighted by Gasteiger charge is -2.31. The van der Waals surface area contributed by atoms with Gasteiger partial charge in [-0.25, -0.2) is 4.98 Å². The van der Waals surface area contributed by atoms with E-state index in [0.29, 0.717) is 17.8 Å². The summed E-state index contributed by atoms with van der Waals surface area (Å²) in [5.74, 6) is 1.31. The molecular formula is C16H22N4O. The summed E-state index contributed by atoms with van der Waals surface area (Å²) in [6, 6.07) is 5.71. The molecule has 5 nitrogen and oxygen atoms in total.